The molecule has 0 aliphatic carbocycles. The van der Waals surface area contributed by atoms with Crippen molar-refractivity contribution in [1.29, 1.82) is 0 Å². The number of nitrogens with zero attached hydrogens (tertiary/aromatic N) is 1. The molecular formula is C17H24N2O. The average Bonchev–Trinajstić information content (AvgIpc) is 2.46. The van der Waals surface area contributed by atoms with Gasteiger partial charge in [0, 0.05) is 23.0 Å². The van der Waals surface area contributed by atoms with E-state index in [0.29, 0.717) is 5.92 Å². The molecule has 0 amide bonds. The second-order valence-corrected chi connectivity index (χ2v) is 5.78. The van der Waals surface area contributed by atoms with Gasteiger partial charge in [-0.25, -0.2) is 0 Å². The van der Waals surface area contributed by atoms with Crippen LogP contribution in [0.5, 0.6) is 5.75 Å². The molecule has 2 N–H and O–H groups in total. The lowest BCUT2D eigenvalue weighted by Crippen LogP contribution is -2.46. The van der Waals surface area contributed by atoms with E-state index in [9.17, 15) is 0 Å². The molecule has 0 aliphatic heterocycles. The standard InChI is InChI=1S/C17H24N2O/c1-5-17(18,12(2)3)11-14-7-6-13-10-15(20-4)8-9-16(13)19-14/h6-10,12H,5,11,18H2,1-4H3. The first-order chi connectivity index (χ1) is 9.48. The van der Waals surface area contributed by atoms with E-state index in [1.54, 1.807) is 7.11 Å². The maximum absolute atomic E-state index is 6.50. The molecule has 20 heavy (non-hydrogen) atoms. The van der Waals surface area contributed by atoms with Crippen LogP contribution in [0.4, 0.5) is 0 Å². The molecule has 1 atom stereocenters. The normalized spacial score (nSPS) is 14.5. The minimum Gasteiger partial charge on any atom is -0.497 e. The number of pyridine rings is 1. The van der Waals surface area contributed by atoms with Crippen molar-refractivity contribution in [2.45, 2.75) is 39.2 Å². The predicted octanol–water partition coefficient (Wildman–Crippen LogP) is 3.55. The molecule has 1 aromatic heterocycles. The highest BCUT2D eigenvalue weighted by atomic mass is 16.5. The first kappa shape index (κ1) is 14.8. The number of aromatic nitrogens is 1. The smallest absolute Gasteiger partial charge is 0.119 e. The summed E-state index contributed by atoms with van der Waals surface area (Å²) in [4.78, 5) is 4.73. The second kappa shape index (κ2) is 5.80. The van der Waals surface area contributed by atoms with E-state index in [0.717, 1.165) is 35.2 Å². The first-order valence-electron chi connectivity index (χ1n) is 7.21. The van der Waals surface area contributed by atoms with Gasteiger partial charge >= 0.3 is 0 Å². The number of ether oxygens (including phenoxy) is 1. The van der Waals surface area contributed by atoms with Gasteiger partial charge in [0.15, 0.2) is 0 Å². The summed E-state index contributed by atoms with van der Waals surface area (Å²) in [6.45, 7) is 6.50. The molecule has 0 fully saturated rings. The lowest BCUT2D eigenvalue weighted by atomic mass is 9.81. The van der Waals surface area contributed by atoms with Crippen LogP contribution in [0.15, 0.2) is 30.3 Å². The summed E-state index contributed by atoms with van der Waals surface area (Å²) in [6.07, 6.45) is 1.76. The van der Waals surface area contributed by atoms with Crippen LogP contribution in [0, 0.1) is 5.92 Å². The molecule has 3 heteroatoms. The number of rotatable bonds is 5. The van der Waals surface area contributed by atoms with Gasteiger partial charge in [-0.05, 0) is 36.6 Å². The molecule has 1 aromatic carbocycles. The molecule has 0 spiro atoms. The first-order valence-corrected chi connectivity index (χ1v) is 7.21. The Kier molecular flexibility index (Phi) is 4.29. The molecular weight excluding hydrogens is 248 g/mol. The largest absolute Gasteiger partial charge is 0.497 e. The maximum Gasteiger partial charge on any atom is 0.119 e. The Morgan fingerprint density at radius 3 is 2.60 bits per heavy atom. The fourth-order valence-corrected chi connectivity index (χ4v) is 2.45. The van der Waals surface area contributed by atoms with Gasteiger partial charge in [-0.3, -0.25) is 4.98 Å². The highest BCUT2D eigenvalue weighted by Gasteiger charge is 2.27. The lowest BCUT2D eigenvalue weighted by molar-refractivity contribution is 0.294. The van der Waals surface area contributed by atoms with E-state index in [1.165, 1.54) is 0 Å². The van der Waals surface area contributed by atoms with Gasteiger partial charge in [-0.15, -0.1) is 0 Å². The molecule has 0 aliphatic rings. The Bertz CT molecular complexity index is 595. The Labute approximate surface area is 121 Å². The Hall–Kier alpha value is -1.61. The third kappa shape index (κ3) is 2.93. The quantitative estimate of drug-likeness (QED) is 0.905. The van der Waals surface area contributed by atoms with E-state index in [1.807, 2.05) is 18.2 Å². The zero-order chi connectivity index (χ0) is 14.8. The zero-order valence-electron chi connectivity index (χ0n) is 12.8. The van der Waals surface area contributed by atoms with Crippen LogP contribution in [-0.2, 0) is 6.42 Å². The van der Waals surface area contributed by atoms with Crippen LogP contribution >= 0.6 is 0 Å². The Balaban J connectivity index is 2.32. The minimum atomic E-state index is -0.187. The molecule has 108 valence electrons. The van der Waals surface area contributed by atoms with Crippen LogP contribution in [0.1, 0.15) is 32.9 Å². The van der Waals surface area contributed by atoms with Crippen molar-refractivity contribution in [2.24, 2.45) is 11.7 Å². The van der Waals surface area contributed by atoms with Crippen molar-refractivity contribution >= 4 is 10.9 Å². The highest BCUT2D eigenvalue weighted by molar-refractivity contribution is 5.80. The average molecular weight is 272 g/mol. The summed E-state index contributed by atoms with van der Waals surface area (Å²) in [5.74, 6) is 1.29. The number of hydrogen-bond donors (Lipinski definition) is 1. The fourth-order valence-electron chi connectivity index (χ4n) is 2.45. The summed E-state index contributed by atoms with van der Waals surface area (Å²) in [5, 5.41) is 1.09. The molecule has 2 rings (SSSR count). The van der Waals surface area contributed by atoms with Gasteiger partial charge in [0.1, 0.15) is 5.75 Å². The second-order valence-electron chi connectivity index (χ2n) is 5.78. The van der Waals surface area contributed by atoms with Crippen molar-refractivity contribution in [2.75, 3.05) is 7.11 Å². The summed E-state index contributed by atoms with van der Waals surface area (Å²) < 4.78 is 5.23. The SMILES string of the molecule is CCC(N)(Cc1ccc2cc(OC)ccc2n1)C(C)C. The van der Waals surface area contributed by atoms with Gasteiger partial charge in [0.25, 0.3) is 0 Å². The van der Waals surface area contributed by atoms with Gasteiger partial charge in [-0.1, -0.05) is 26.8 Å². The van der Waals surface area contributed by atoms with E-state index < -0.39 is 0 Å². The summed E-state index contributed by atoms with van der Waals surface area (Å²) in [6, 6.07) is 10.1. The van der Waals surface area contributed by atoms with Crippen LogP contribution in [0.25, 0.3) is 10.9 Å². The van der Waals surface area contributed by atoms with E-state index >= 15 is 0 Å². The Morgan fingerprint density at radius 1 is 1.25 bits per heavy atom. The molecule has 1 unspecified atom stereocenters. The van der Waals surface area contributed by atoms with Crippen LogP contribution in [-0.4, -0.2) is 17.6 Å². The van der Waals surface area contributed by atoms with Crippen molar-refractivity contribution in [3.63, 3.8) is 0 Å². The third-order valence-corrected chi connectivity index (χ3v) is 4.27. The van der Waals surface area contributed by atoms with Crippen LogP contribution < -0.4 is 10.5 Å². The molecule has 0 saturated carbocycles. The zero-order valence-corrected chi connectivity index (χ0v) is 12.8. The van der Waals surface area contributed by atoms with E-state index in [-0.39, 0.29) is 5.54 Å². The fraction of sp³-hybridized carbons (Fsp3) is 0.471. The number of benzene rings is 1. The van der Waals surface area contributed by atoms with Crippen molar-refractivity contribution < 1.29 is 4.74 Å². The summed E-state index contributed by atoms with van der Waals surface area (Å²) >= 11 is 0. The van der Waals surface area contributed by atoms with Crippen molar-refractivity contribution in [1.82, 2.24) is 4.98 Å². The van der Waals surface area contributed by atoms with Gasteiger partial charge in [0.05, 0.1) is 12.6 Å². The summed E-state index contributed by atoms with van der Waals surface area (Å²) in [5.41, 5.74) is 8.36. The monoisotopic (exact) mass is 272 g/mol. The number of hydrogen-bond acceptors (Lipinski definition) is 3. The molecule has 0 saturated heterocycles. The van der Waals surface area contributed by atoms with Crippen LogP contribution in [0.3, 0.4) is 0 Å². The van der Waals surface area contributed by atoms with Crippen LogP contribution in [0.2, 0.25) is 0 Å². The van der Waals surface area contributed by atoms with Crippen molar-refractivity contribution in [3.8, 4) is 5.75 Å². The van der Waals surface area contributed by atoms with Gasteiger partial charge in [-0.2, -0.15) is 0 Å². The number of fused-ring (bicyclic) bond motifs is 1. The number of methoxy groups -OCH3 is 1. The van der Waals surface area contributed by atoms with Gasteiger partial charge < -0.3 is 10.5 Å². The minimum absolute atomic E-state index is 0.187. The topological polar surface area (TPSA) is 48.1 Å². The molecule has 2 aromatic rings. The van der Waals surface area contributed by atoms with E-state index in [4.69, 9.17) is 15.5 Å². The maximum atomic E-state index is 6.50. The Morgan fingerprint density at radius 2 is 2.00 bits per heavy atom. The predicted molar refractivity (Wildman–Crippen MR) is 84.0 cm³/mol. The molecule has 1 heterocycles. The summed E-state index contributed by atoms with van der Waals surface area (Å²) in [7, 11) is 1.68. The molecule has 3 nitrogen and oxygen atoms in total. The van der Waals surface area contributed by atoms with E-state index in [2.05, 4.69) is 32.9 Å². The third-order valence-electron chi connectivity index (χ3n) is 4.27. The lowest BCUT2D eigenvalue weighted by Gasteiger charge is -2.32. The van der Waals surface area contributed by atoms with Crippen molar-refractivity contribution in [3.05, 3.63) is 36.0 Å². The number of nitrogens with two attached hydrogens (primary N) is 1. The molecule has 0 bridgehead atoms. The highest BCUT2D eigenvalue weighted by Crippen LogP contribution is 2.25. The molecule has 0 radical (unpaired) electrons. The van der Waals surface area contributed by atoms with Gasteiger partial charge in [0.2, 0.25) is 0 Å².